The summed E-state index contributed by atoms with van der Waals surface area (Å²) in [5.74, 6) is -1.05. The number of anilines is 1. The van der Waals surface area contributed by atoms with Gasteiger partial charge in [-0.15, -0.1) is 10.2 Å². The molecule has 0 aliphatic heterocycles. The monoisotopic (exact) mass is 434 g/mol. The van der Waals surface area contributed by atoms with Gasteiger partial charge in [-0.25, -0.2) is 17.2 Å². The van der Waals surface area contributed by atoms with Gasteiger partial charge in [0.05, 0.1) is 12.2 Å². The largest absolute Gasteiger partial charge is 0.288 e. The minimum absolute atomic E-state index is 0.0769. The van der Waals surface area contributed by atoms with Crippen molar-refractivity contribution >= 4 is 33.0 Å². The second kappa shape index (κ2) is 7.41. The van der Waals surface area contributed by atoms with Gasteiger partial charge in [0.15, 0.2) is 5.65 Å². The van der Waals surface area contributed by atoms with Crippen LogP contribution in [0, 0.1) is 11.6 Å². The highest BCUT2D eigenvalue weighted by Crippen LogP contribution is 2.30. The van der Waals surface area contributed by atoms with E-state index in [-0.39, 0.29) is 27.8 Å². The molecule has 0 fully saturated rings. The summed E-state index contributed by atoms with van der Waals surface area (Å²) in [5.41, 5.74) is 0.743. The van der Waals surface area contributed by atoms with Crippen molar-refractivity contribution in [1.82, 2.24) is 14.6 Å². The lowest BCUT2D eigenvalue weighted by molar-refractivity contribution is 0.590. The third kappa shape index (κ3) is 3.66. The predicted octanol–water partition coefficient (Wildman–Crippen LogP) is 4.06. The quantitative estimate of drug-likeness (QED) is 0.475. The number of benzene rings is 2. The Hall–Kier alpha value is -3.04. The number of rotatable bonds is 5. The van der Waals surface area contributed by atoms with E-state index >= 15 is 0 Å². The lowest BCUT2D eigenvalue weighted by Crippen LogP contribution is -2.31. The summed E-state index contributed by atoms with van der Waals surface area (Å²) in [7, 11) is -4.15. The lowest BCUT2D eigenvalue weighted by Gasteiger charge is -2.25. The predicted molar refractivity (Wildman–Crippen MR) is 104 cm³/mol. The van der Waals surface area contributed by atoms with Crippen LogP contribution in [0.15, 0.2) is 72.0 Å². The van der Waals surface area contributed by atoms with Crippen molar-refractivity contribution in [2.75, 3.05) is 4.31 Å². The third-order valence-corrected chi connectivity index (χ3v) is 6.45. The molecular weight excluding hydrogens is 422 g/mol. The molecule has 148 valence electrons. The Balaban J connectivity index is 1.87. The third-order valence-electron chi connectivity index (χ3n) is 4.30. The Bertz CT molecular complexity index is 1290. The van der Waals surface area contributed by atoms with Gasteiger partial charge in [0.1, 0.15) is 22.9 Å². The van der Waals surface area contributed by atoms with Gasteiger partial charge in [-0.2, -0.15) is 0 Å². The molecule has 0 aliphatic rings. The topological polar surface area (TPSA) is 67.6 Å². The van der Waals surface area contributed by atoms with Crippen molar-refractivity contribution in [3.63, 3.8) is 0 Å². The average Bonchev–Trinajstić information content (AvgIpc) is 3.17. The molecule has 0 aliphatic carbocycles. The van der Waals surface area contributed by atoms with E-state index in [9.17, 15) is 17.2 Å². The molecule has 10 heteroatoms. The molecule has 0 N–H and O–H groups in total. The van der Waals surface area contributed by atoms with Gasteiger partial charge in [-0.1, -0.05) is 17.7 Å². The second-order valence-corrected chi connectivity index (χ2v) is 8.40. The number of hydrogen-bond acceptors (Lipinski definition) is 4. The van der Waals surface area contributed by atoms with Crippen molar-refractivity contribution < 1.29 is 17.2 Å². The van der Waals surface area contributed by atoms with Crippen LogP contribution in [0.25, 0.3) is 5.65 Å². The summed E-state index contributed by atoms with van der Waals surface area (Å²) < 4.78 is 56.5. The van der Waals surface area contributed by atoms with Crippen LogP contribution in [0.1, 0.15) is 5.56 Å². The van der Waals surface area contributed by atoms with Gasteiger partial charge in [-0.05, 0) is 54.1 Å². The minimum Gasteiger partial charge on any atom is -0.288 e. The van der Waals surface area contributed by atoms with Crippen molar-refractivity contribution in [3.8, 4) is 0 Å². The molecule has 2 heterocycles. The van der Waals surface area contributed by atoms with E-state index in [1.807, 2.05) is 0 Å². The van der Waals surface area contributed by atoms with Gasteiger partial charge in [-0.3, -0.25) is 8.71 Å². The number of aromatic nitrogens is 3. The van der Waals surface area contributed by atoms with Gasteiger partial charge in [0.25, 0.3) is 10.0 Å². The van der Waals surface area contributed by atoms with Gasteiger partial charge >= 0.3 is 0 Å². The summed E-state index contributed by atoms with van der Waals surface area (Å²) in [4.78, 5) is -0.0833. The fourth-order valence-corrected chi connectivity index (χ4v) is 4.67. The van der Waals surface area contributed by atoms with Crippen LogP contribution >= 0.6 is 11.6 Å². The number of nitrogens with zero attached hydrogens (tertiary/aromatic N) is 4. The molecule has 0 amide bonds. The Labute approximate surface area is 170 Å². The first-order valence-corrected chi connectivity index (χ1v) is 10.2. The molecule has 0 bridgehead atoms. The molecule has 0 saturated carbocycles. The van der Waals surface area contributed by atoms with Crippen molar-refractivity contribution in [2.45, 2.75) is 11.4 Å². The number of hydrogen-bond donors (Lipinski definition) is 0. The molecule has 0 saturated heterocycles. The van der Waals surface area contributed by atoms with Crippen LogP contribution in [0.2, 0.25) is 5.02 Å². The lowest BCUT2D eigenvalue weighted by atomic mass is 10.2. The van der Waals surface area contributed by atoms with E-state index in [0.717, 1.165) is 22.5 Å². The Morgan fingerprint density at radius 3 is 2.48 bits per heavy atom. The standard InChI is InChI=1S/C19H13ClF2N4O2S/c20-17-10-15(22)4-3-13(17)11-26(16-7-5-14(21)6-8-16)29(27,28)18-2-1-9-25-12-23-24-19(18)25/h1-10,12H,11H2. The Morgan fingerprint density at radius 1 is 1.03 bits per heavy atom. The molecule has 6 nitrogen and oxygen atoms in total. The Morgan fingerprint density at radius 2 is 1.76 bits per heavy atom. The van der Waals surface area contributed by atoms with Crippen LogP contribution in [-0.2, 0) is 16.6 Å². The molecule has 29 heavy (non-hydrogen) atoms. The number of halogens is 3. The minimum atomic E-state index is -4.15. The first kappa shape index (κ1) is 19.3. The molecule has 0 atom stereocenters. The van der Waals surface area contributed by atoms with Crippen LogP contribution in [-0.4, -0.2) is 23.0 Å². The molecule has 4 aromatic rings. The highest BCUT2D eigenvalue weighted by molar-refractivity contribution is 7.93. The highest BCUT2D eigenvalue weighted by atomic mass is 35.5. The zero-order valence-corrected chi connectivity index (χ0v) is 16.3. The Kier molecular flexibility index (Phi) is 4.93. The van der Waals surface area contributed by atoms with Crippen molar-refractivity contribution in [2.24, 2.45) is 0 Å². The number of pyridine rings is 1. The van der Waals surface area contributed by atoms with Gasteiger partial charge < -0.3 is 0 Å². The van der Waals surface area contributed by atoms with Crippen LogP contribution < -0.4 is 4.31 Å². The molecule has 4 rings (SSSR count). The number of fused-ring (bicyclic) bond motifs is 1. The molecule has 0 radical (unpaired) electrons. The summed E-state index contributed by atoms with van der Waals surface area (Å²) >= 11 is 6.11. The van der Waals surface area contributed by atoms with E-state index in [1.54, 1.807) is 12.3 Å². The molecular formula is C19H13ClF2N4O2S. The van der Waals surface area contributed by atoms with Crippen LogP contribution in [0.4, 0.5) is 14.5 Å². The fraction of sp³-hybridized carbons (Fsp3) is 0.0526. The normalized spacial score (nSPS) is 11.7. The second-order valence-electron chi connectivity index (χ2n) is 6.16. The zero-order chi connectivity index (χ0) is 20.6. The van der Waals surface area contributed by atoms with E-state index < -0.39 is 21.7 Å². The smallest absolute Gasteiger partial charge is 0.268 e. The molecule has 2 aromatic carbocycles. The zero-order valence-electron chi connectivity index (χ0n) is 14.7. The van der Waals surface area contributed by atoms with Gasteiger partial charge in [0.2, 0.25) is 0 Å². The van der Waals surface area contributed by atoms with Crippen LogP contribution in [0.5, 0.6) is 0 Å². The summed E-state index contributed by atoms with van der Waals surface area (Å²) in [6.45, 7) is -0.192. The van der Waals surface area contributed by atoms with E-state index in [1.165, 1.54) is 41.1 Å². The number of sulfonamides is 1. The molecule has 0 spiro atoms. The highest BCUT2D eigenvalue weighted by Gasteiger charge is 2.29. The maximum Gasteiger partial charge on any atom is 0.268 e. The first-order chi connectivity index (χ1) is 13.9. The van der Waals surface area contributed by atoms with Crippen molar-refractivity contribution in [3.05, 3.63) is 89.3 Å². The van der Waals surface area contributed by atoms with E-state index in [0.29, 0.717) is 5.56 Å². The average molecular weight is 435 g/mol. The summed E-state index contributed by atoms with van der Waals surface area (Å²) in [6, 6.07) is 11.6. The maximum absolute atomic E-state index is 13.5. The molecule has 2 aromatic heterocycles. The van der Waals surface area contributed by atoms with Crippen LogP contribution in [0.3, 0.4) is 0 Å². The van der Waals surface area contributed by atoms with Crippen molar-refractivity contribution in [1.29, 1.82) is 0 Å². The van der Waals surface area contributed by atoms with E-state index in [4.69, 9.17) is 11.6 Å². The fourth-order valence-electron chi connectivity index (χ4n) is 2.87. The SMILES string of the molecule is O=S(=O)(c1cccn2cnnc12)N(Cc1ccc(F)cc1Cl)c1ccc(F)cc1. The first-order valence-electron chi connectivity index (χ1n) is 8.37. The summed E-state index contributed by atoms with van der Waals surface area (Å²) in [6.07, 6.45) is 3.00. The van der Waals surface area contributed by atoms with Gasteiger partial charge in [0, 0.05) is 11.2 Å². The maximum atomic E-state index is 13.5. The molecule has 0 unspecified atom stereocenters. The summed E-state index contributed by atoms with van der Waals surface area (Å²) in [5, 5.41) is 7.70. The van der Waals surface area contributed by atoms with E-state index in [2.05, 4.69) is 10.2 Å².